The van der Waals surface area contributed by atoms with E-state index < -0.39 is 0 Å². The van der Waals surface area contributed by atoms with Gasteiger partial charge in [-0.3, -0.25) is 4.79 Å². The zero-order valence-corrected chi connectivity index (χ0v) is 14.9. The van der Waals surface area contributed by atoms with Gasteiger partial charge in [-0.05, 0) is 44.2 Å². The molecule has 2 heterocycles. The first-order valence-corrected chi connectivity index (χ1v) is 8.41. The summed E-state index contributed by atoms with van der Waals surface area (Å²) in [5.74, 6) is 0.709. The van der Waals surface area contributed by atoms with E-state index in [0.29, 0.717) is 31.9 Å². The molecule has 25 heavy (non-hydrogen) atoms. The number of amides is 1. The maximum absolute atomic E-state index is 12.6. The zero-order valence-electron chi connectivity index (χ0n) is 14.9. The summed E-state index contributed by atoms with van der Waals surface area (Å²) in [5.41, 5.74) is 3.58. The summed E-state index contributed by atoms with van der Waals surface area (Å²) in [7, 11) is 1.64. The molecule has 1 aliphatic heterocycles. The molecule has 1 N–H and O–H groups in total. The highest BCUT2D eigenvalue weighted by atomic mass is 16.6. The molecule has 1 amide bonds. The number of carbonyl (C=O) groups is 1. The molecule has 1 atom stereocenters. The van der Waals surface area contributed by atoms with Crippen LogP contribution in [0.3, 0.4) is 0 Å². The maximum atomic E-state index is 12.6. The highest BCUT2D eigenvalue weighted by molar-refractivity contribution is 5.95. The molecule has 1 fully saturated rings. The molecule has 3 rings (SSSR count). The Morgan fingerprint density at radius 2 is 2.04 bits per heavy atom. The molecule has 1 unspecified atom stereocenters. The van der Waals surface area contributed by atoms with Crippen LogP contribution in [0.5, 0.6) is 5.75 Å². The number of nitrogens with one attached hydrogen (secondary N) is 1. The molecule has 0 bridgehead atoms. The third-order valence-electron chi connectivity index (χ3n) is 4.38. The number of aryl methyl sites for hydroxylation is 1. The van der Waals surface area contributed by atoms with Crippen molar-refractivity contribution in [3.63, 3.8) is 0 Å². The molecule has 0 saturated carbocycles. The minimum absolute atomic E-state index is 0.0808. The Morgan fingerprint density at radius 3 is 2.68 bits per heavy atom. The van der Waals surface area contributed by atoms with E-state index in [1.54, 1.807) is 7.11 Å². The van der Waals surface area contributed by atoms with Gasteiger partial charge in [0.2, 0.25) is 0 Å². The SMILES string of the molecule is COc1ccc(-n2c(C)cc(C(=O)NCC3COCCO3)c2C)cc1. The van der Waals surface area contributed by atoms with Gasteiger partial charge < -0.3 is 24.1 Å². The first kappa shape index (κ1) is 17.5. The third kappa shape index (κ3) is 3.86. The summed E-state index contributed by atoms with van der Waals surface area (Å²) in [5, 5.41) is 2.94. The predicted molar refractivity (Wildman–Crippen MR) is 94.7 cm³/mol. The monoisotopic (exact) mass is 344 g/mol. The second-order valence-corrected chi connectivity index (χ2v) is 6.10. The van der Waals surface area contributed by atoms with Crippen LogP contribution < -0.4 is 10.1 Å². The fraction of sp³-hybridized carbons (Fsp3) is 0.421. The van der Waals surface area contributed by atoms with E-state index in [9.17, 15) is 4.79 Å². The second kappa shape index (κ2) is 7.72. The fourth-order valence-electron chi connectivity index (χ4n) is 3.08. The Hall–Kier alpha value is -2.31. The van der Waals surface area contributed by atoms with E-state index in [1.807, 2.05) is 44.2 Å². The summed E-state index contributed by atoms with van der Waals surface area (Å²) >= 11 is 0. The van der Waals surface area contributed by atoms with Crippen LogP contribution in [-0.2, 0) is 9.47 Å². The van der Waals surface area contributed by atoms with Gasteiger partial charge in [0.25, 0.3) is 5.91 Å². The van der Waals surface area contributed by atoms with Crippen LogP contribution >= 0.6 is 0 Å². The second-order valence-electron chi connectivity index (χ2n) is 6.10. The van der Waals surface area contributed by atoms with Crippen molar-refractivity contribution in [2.24, 2.45) is 0 Å². The molecule has 1 aromatic carbocycles. The molecule has 1 aromatic heterocycles. The molecule has 0 aliphatic carbocycles. The average molecular weight is 344 g/mol. The summed E-state index contributed by atoms with van der Waals surface area (Å²) in [6.07, 6.45) is -0.0808. The van der Waals surface area contributed by atoms with Crippen molar-refractivity contribution in [3.05, 3.63) is 47.3 Å². The topological polar surface area (TPSA) is 61.7 Å². The van der Waals surface area contributed by atoms with Gasteiger partial charge in [-0.1, -0.05) is 0 Å². The third-order valence-corrected chi connectivity index (χ3v) is 4.38. The first-order valence-electron chi connectivity index (χ1n) is 8.41. The smallest absolute Gasteiger partial charge is 0.253 e. The molecule has 6 nitrogen and oxygen atoms in total. The van der Waals surface area contributed by atoms with E-state index in [0.717, 1.165) is 22.8 Å². The van der Waals surface area contributed by atoms with Crippen molar-refractivity contribution in [1.29, 1.82) is 0 Å². The van der Waals surface area contributed by atoms with E-state index in [2.05, 4.69) is 9.88 Å². The number of aromatic nitrogens is 1. The number of carbonyl (C=O) groups excluding carboxylic acids is 1. The maximum Gasteiger partial charge on any atom is 0.253 e. The summed E-state index contributed by atoms with van der Waals surface area (Å²) in [6, 6.07) is 9.69. The highest BCUT2D eigenvalue weighted by Gasteiger charge is 2.19. The molecule has 6 heteroatoms. The number of hydrogen-bond donors (Lipinski definition) is 1. The molecule has 1 saturated heterocycles. The van der Waals surface area contributed by atoms with Gasteiger partial charge in [0.1, 0.15) is 5.75 Å². The quantitative estimate of drug-likeness (QED) is 0.904. The van der Waals surface area contributed by atoms with E-state index >= 15 is 0 Å². The summed E-state index contributed by atoms with van der Waals surface area (Å²) in [4.78, 5) is 12.6. The van der Waals surface area contributed by atoms with Gasteiger partial charge in [0.05, 0.1) is 38.6 Å². The van der Waals surface area contributed by atoms with Crippen LogP contribution in [-0.4, -0.2) is 50.1 Å². The minimum atomic E-state index is -0.0953. The van der Waals surface area contributed by atoms with Crippen LogP contribution in [0.2, 0.25) is 0 Å². The standard InChI is InChI=1S/C19H24N2O4/c1-13-10-18(19(22)20-11-17-12-24-8-9-25-17)14(2)21(13)15-4-6-16(23-3)7-5-15/h4-7,10,17H,8-9,11-12H2,1-3H3,(H,20,22). The number of benzene rings is 1. The van der Waals surface area contributed by atoms with Crippen LogP contribution in [0.4, 0.5) is 0 Å². The lowest BCUT2D eigenvalue weighted by atomic mass is 10.2. The van der Waals surface area contributed by atoms with Crippen molar-refractivity contribution in [2.75, 3.05) is 33.5 Å². The normalized spacial score (nSPS) is 17.3. The number of methoxy groups -OCH3 is 1. The first-order chi connectivity index (χ1) is 12.1. The summed E-state index contributed by atoms with van der Waals surface area (Å²) < 4.78 is 18.2. The number of nitrogens with zero attached hydrogens (tertiary/aromatic N) is 1. The van der Waals surface area contributed by atoms with Crippen LogP contribution in [0.1, 0.15) is 21.7 Å². The van der Waals surface area contributed by atoms with Gasteiger partial charge >= 0.3 is 0 Å². The average Bonchev–Trinajstić information content (AvgIpc) is 2.95. The van der Waals surface area contributed by atoms with Crippen LogP contribution in [0.15, 0.2) is 30.3 Å². The van der Waals surface area contributed by atoms with Gasteiger partial charge in [0, 0.05) is 23.6 Å². The van der Waals surface area contributed by atoms with Crippen LogP contribution in [0, 0.1) is 13.8 Å². The van der Waals surface area contributed by atoms with E-state index in [-0.39, 0.29) is 12.0 Å². The lowest BCUT2D eigenvalue weighted by Gasteiger charge is -2.23. The molecule has 2 aromatic rings. The highest BCUT2D eigenvalue weighted by Crippen LogP contribution is 2.22. The van der Waals surface area contributed by atoms with Crippen molar-refractivity contribution in [3.8, 4) is 11.4 Å². The predicted octanol–water partition coefficient (Wildman–Crippen LogP) is 2.25. The van der Waals surface area contributed by atoms with Gasteiger partial charge in [-0.15, -0.1) is 0 Å². The lowest BCUT2D eigenvalue weighted by Crippen LogP contribution is -2.39. The van der Waals surface area contributed by atoms with E-state index in [1.165, 1.54) is 0 Å². The van der Waals surface area contributed by atoms with Crippen molar-refractivity contribution in [1.82, 2.24) is 9.88 Å². The molecule has 0 spiro atoms. The van der Waals surface area contributed by atoms with Gasteiger partial charge in [-0.2, -0.15) is 0 Å². The molecular formula is C19H24N2O4. The van der Waals surface area contributed by atoms with Gasteiger partial charge in [-0.25, -0.2) is 0 Å². The Bertz CT molecular complexity index is 731. The van der Waals surface area contributed by atoms with Crippen molar-refractivity contribution < 1.29 is 19.0 Å². The molecular weight excluding hydrogens is 320 g/mol. The Labute approximate surface area is 147 Å². The molecule has 1 aliphatic rings. The Morgan fingerprint density at radius 1 is 1.28 bits per heavy atom. The largest absolute Gasteiger partial charge is 0.497 e. The number of hydrogen-bond acceptors (Lipinski definition) is 4. The van der Waals surface area contributed by atoms with Gasteiger partial charge in [0.15, 0.2) is 0 Å². The van der Waals surface area contributed by atoms with Crippen molar-refractivity contribution in [2.45, 2.75) is 20.0 Å². The number of rotatable bonds is 5. The summed E-state index contributed by atoms with van der Waals surface area (Å²) in [6.45, 7) is 6.11. The Kier molecular flexibility index (Phi) is 5.40. The Balaban J connectivity index is 1.74. The lowest BCUT2D eigenvalue weighted by molar-refractivity contribution is -0.0855. The van der Waals surface area contributed by atoms with Crippen molar-refractivity contribution >= 4 is 5.91 Å². The molecule has 134 valence electrons. The molecule has 0 radical (unpaired) electrons. The minimum Gasteiger partial charge on any atom is -0.497 e. The fourth-order valence-corrected chi connectivity index (χ4v) is 3.08. The zero-order chi connectivity index (χ0) is 17.8. The van der Waals surface area contributed by atoms with E-state index in [4.69, 9.17) is 14.2 Å². The van der Waals surface area contributed by atoms with Crippen LogP contribution in [0.25, 0.3) is 5.69 Å². The number of ether oxygens (including phenoxy) is 3.